The highest BCUT2D eigenvalue weighted by atomic mass is 19.1. The molecule has 2 fully saturated rings. The molecule has 0 radical (unpaired) electrons. The number of hydrogen-bond donors (Lipinski definition) is 2. The standard InChI is InChI=1S/C44H49FN6O4/c1-27-5-11-33(42-29(3)49-55-30(42)4)20-40(27)51(36-14-12-35(13-15-36)44(25-46)17-18-44)23-32-9-7-31(8-10-32)22-47-39-19-34-24-50(43(54)37(34)21-38(39)45)28(2)6-16-41(53)48-26-52/h5,11-15,19-21,26,28,31-32,47H,6-10,16-18,22-24H2,1-4H3,(H,48,52,53). The number of amides is 3. The summed E-state index contributed by atoms with van der Waals surface area (Å²) in [6.07, 6.45) is 6.81. The number of rotatable bonds is 14. The average Bonchev–Trinajstić information content (AvgIpc) is 3.83. The number of aromatic nitrogens is 1. The second-order valence-corrected chi connectivity index (χ2v) is 15.8. The summed E-state index contributed by atoms with van der Waals surface area (Å²) < 4.78 is 20.8. The molecule has 11 heteroatoms. The molecule has 286 valence electrons. The number of nitrogens with one attached hydrogen (secondary N) is 2. The Bertz CT molecular complexity index is 2110. The first-order valence-electron chi connectivity index (χ1n) is 19.4. The molecule has 3 aliphatic rings. The van der Waals surface area contributed by atoms with Gasteiger partial charge in [-0.05, 0) is 137 Å². The molecule has 3 amide bonds. The van der Waals surface area contributed by atoms with Crippen molar-refractivity contribution in [2.75, 3.05) is 23.3 Å². The average molecular weight is 745 g/mol. The molecule has 0 spiro atoms. The number of carbonyl (C=O) groups excluding carboxylic acids is 3. The Kier molecular flexibility index (Phi) is 10.8. The van der Waals surface area contributed by atoms with Crippen LogP contribution in [0.5, 0.6) is 0 Å². The molecule has 4 aromatic rings. The summed E-state index contributed by atoms with van der Waals surface area (Å²) in [5.74, 6) is 0.551. The van der Waals surface area contributed by atoms with Crippen LogP contribution in [0.15, 0.2) is 59.1 Å². The van der Waals surface area contributed by atoms with Crippen molar-refractivity contribution >= 4 is 35.3 Å². The fourth-order valence-corrected chi connectivity index (χ4v) is 8.46. The third-order valence-corrected chi connectivity index (χ3v) is 12.1. The van der Waals surface area contributed by atoms with Gasteiger partial charge in [0.25, 0.3) is 5.91 Å². The van der Waals surface area contributed by atoms with Crippen LogP contribution in [0.2, 0.25) is 0 Å². The maximum atomic E-state index is 15.3. The zero-order chi connectivity index (χ0) is 38.9. The highest BCUT2D eigenvalue weighted by molar-refractivity contribution is 5.99. The van der Waals surface area contributed by atoms with E-state index < -0.39 is 11.7 Å². The van der Waals surface area contributed by atoms with Crippen LogP contribution in [0.25, 0.3) is 11.1 Å². The van der Waals surface area contributed by atoms with Crippen molar-refractivity contribution in [1.82, 2.24) is 15.4 Å². The first kappa shape index (κ1) is 37.8. The number of nitriles is 1. The Morgan fingerprint density at radius 3 is 2.47 bits per heavy atom. The van der Waals surface area contributed by atoms with E-state index in [2.05, 4.69) is 76.1 Å². The Hall–Kier alpha value is -5.50. The predicted octanol–water partition coefficient (Wildman–Crippen LogP) is 8.41. The topological polar surface area (TPSA) is 132 Å². The van der Waals surface area contributed by atoms with Crippen LogP contribution < -0.4 is 15.5 Å². The zero-order valence-corrected chi connectivity index (χ0v) is 32.1. The van der Waals surface area contributed by atoms with Crippen LogP contribution in [-0.4, -0.2) is 47.4 Å². The number of anilines is 3. The number of hydrogen-bond acceptors (Lipinski definition) is 8. The van der Waals surface area contributed by atoms with Crippen LogP contribution in [0.3, 0.4) is 0 Å². The molecule has 1 aliphatic heterocycles. The number of benzene rings is 3. The molecule has 0 bridgehead atoms. The lowest BCUT2D eigenvalue weighted by molar-refractivity contribution is -0.125. The molecule has 2 heterocycles. The van der Waals surface area contributed by atoms with E-state index in [1.165, 1.54) is 11.6 Å². The summed E-state index contributed by atoms with van der Waals surface area (Å²) in [7, 11) is 0. The quantitative estimate of drug-likeness (QED) is 0.123. The normalized spacial score (nSPS) is 19.0. The Morgan fingerprint density at radius 2 is 1.82 bits per heavy atom. The van der Waals surface area contributed by atoms with Gasteiger partial charge < -0.3 is 19.6 Å². The summed E-state index contributed by atoms with van der Waals surface area (Å²) in [6, 6.07) is 20.5. The van der Waals surface area contributed by atoms with Crippen LogP contribution in [-0.2, 0) is 21.5 Å². The van der Waals surface area contributed by atoms with E-state index in [0.29, 0.717) is 49.0 Å². The number of nitrogens with zero attached hydrogens (tertiary/aromatic N) is 4. The molecule has 10 nitrogen and oxygen atoms in total. The molecular formula is C44H49FN6O4. The predicted molar refractivity (Wildman–Crippen MR) is 209 cm³/mol. The van der Waals surface area contributed by atoms with Gasteiger partial charge in [-0.2, -0.15) is 5.26 Å². The Labute approximate surface area is 322 Å². The van der Waals surface area contributed by atoms with E-state index in [1.807, 2.05) is 20.8 Å². The van der Waals surface area contributed by atoms with E-state index in [-0.39, 0.29) is 23.8 Å². The summed E-state index contributed by atoms with van der Waals surface area (Å²) in [4.78, 5) is 39.5. The molecule has 7 rings (SSSR count). The minimum absolute atomic E-state index is 0.120. The second-order valence-electron chi connectivity index (χ2n) is 15.8. The van der Waals surface area contributed by atoms with Crippen molar-refractivity contribution in [3.8, 4) is 17.2 Å². The third kappa shape index (κ3) is 7.86. The summed E-state index contributed by atoms with van der Waals surface area (Å²) >= 11 is 0. The van der Waals surface area contributed by atoms with E-state index >= 15 is 4.39 Å². The van der Waals surface area contributed by atoms with Gasteiger partial charge in [0, 0.05) is 54.6 Å². The first-order valence-corrected chi connectivity index (χ1v) is 19.4. The monoisotopic (exact) mass is 744 g/mol. The van der Waals surface area contributed by atoms with Gasteiger partial charge in [-0.15, -0.1) is 0 Å². The van der Waals surface area contributed by atoms with Gasteiger partial charge in [-0.25, -0.2) is 4.39 Å². The molecular weight excluding hydrogens is 696 g/mol. The van der Waals surface area contributed by atoms with Gasteiger partial charge in [0.05, 0.1) is 22.9 Å². The van der Waals surface area contributed by atoms with Crippen molar-refractivity contribution < 1.29 is 23.3 Å². The SMILES string of the molecule is Cc1ccc(-c2c(C)noc2C)cc1N(CC1CCC(CNc2cc3c(cc2F)C(=O)N(C(C)CCC(=O)NC=O)C3)CC1)c1ccc(C2(C#N)CC2)cc1. The Balaban J connectivity index is 1.01. The maximum absolute atomic E-state index is 15.3. The van der Waals surface area contributed by atoms with Gasteiger partial charge >= 0.3 is 0 Å². The lowest BCUT2D eigenvalue weighted by Gasteiger charge is -2.35. The van der Waals surface area contributed by atoms with Crippen molar-refractivity contribution in [2.45, 2.75) is 97.1 Å². The number of carbonyl (C=O) groups is 3. The number of fused-ring (bicyclic) bond motifs is 1. The largest absolute Gasteiger partial charge is 0.382 e. The molecule has 1 unspecified atom stereocenters. The van der Waals surface area contributed by atoms with Gasteiger partial charge in [-0.1, -0.05) is 29.4 Å². The fourth-order valence-electron chi connectivity index (χ4n) is 8.46. The molecule has 2 N–H and O–H groups in total. The van der Waals surface area contributed by atoms with E-state index in [1.54, 1.807) is 11.0 Å². The summed E-state index contributed by atoms with van der Waals surface area (Å²) in [5.41, 5.74) is 8.63. The van der Waals surface area contributed by atoms with Crippen molar-refractivity contribution in [3.63, 3.8) is 0 Å². The molecule has 1 atom stereocenters. The van der Waals surface area contributed by atoms with Gasteiger partial charge in [0.15, 0.2) is 0 Å². The molecule has 55 heavy (non-hydrogen) atoms. The van der Waals surface area contributed by atoms with Gasteiger partial charge in [-0.3, -0.25) is 19.7 Å². The van der Waals surface area contributed by atoms with E-state index in [0.717, 1.165) is 90.2 Å². The highest BCUT2D eigenvalue weighted by Gasteiger charge is 2.44. The van der Waals surface area contributed by atoms with Crippen LogP contribution >= 0.6 is 0 Å². The molecule has 1 aromatic heterocycles. The minimum Gasteiger partial charge on any atom is -0.382 e. The lowest BCUT2D eigenvalue weighted by atomic mass is 9.81. The van der Waals surface area contributed by atoms with Gasteiger partial charge in [0.1, 0.15) is 11.6 Å². The van der Waals surface area contributed by atoms with Crippen molar-refractivity contribution in [1.29, 1.82) is 5.26 Å². The Morgan fingerprint density at radius 1 is 1.09 bits per heavy atom. The van der Waals surface area contributed by atoms with Crippen LogP contribution in [0, 0.1) is 49.8 Å². The van der Waals surface area contributed by atoms with E-state index in [4.69, 9.17) is 4.52 Å². The number of halogens is 1. The number of aryl methyl sites for hydroxylation is 3. The number of imide groups is 1. The molecule has 3 aromatic carbocycles. The second kappa shape index (κ2) is 15.7. The highest BCUT2D eigenvalue weighted by Crippen LogP contribution is 2.48. The molecule has 2 aliphatic carbocycles. The molecule has 2 saturated carbocycles. The minimum atomic E-state index is -0.445. The smallest absolute Gasteiger partial charge is 0.254 e. The van der Waals surface area contributed by atoms with E-state index in [9.17, 15) is 19.6 Å². The maximum Gasteiger partial charge on any atom is 0.254 e. The lowest BCUT2D eigenvalue weighted by Crippen LogP contribution is -2.34. The fraction of sp³-hybridized carbons (Fsp3) is 0.432. The van der Waals surface area contributed by atoms with Crippen LogP contribution in [0.4, 0.5) is 21.5 Å². The summed E-state index contributed by atoms with van der Waals surface area (Å²) in [5, 5.41) is 19.5. The third-order valence-electron chi connectivity index (χ3n) is 12.1. The summed E-state index contributed by atoms with van der Waals surface area (Å²) in [6.45, 7) is 9.77. The van der Waals surface area contributed by atoms with Crippen molar-refractivity contribution in [2.24, 2.45) is 11.8 Å². The van der Waals surface area contributed by atoms with Crippen molar-refractivity contribution in [3.05, 3.63) is 94.1 Å². The van der Waals surface area contributed by atoms with Crippen LogP contribution in [0.1, 0.15) is 96.8 Å². The first-order chi connectivity index (χ1) is 26.5. The molecule has 0 saturated heterocycles. The van der Waals surface area contributed by atoms with Gasteiger partial charge in [0.2, 0.25) is 12.3 Å². The zero-order valence-electron chi connectivity index (χ0n) is 32.1.